The summed E-state index contributed by atoms with van der Waals surface area (Å²) in [5.41, 5.74) is -0.990. The van der Waals surface area contributed by atoms with Gasteiger partial charge in [0.2, 0.25) is 0 Å². The van der Waals surface area contributed by atoms with Crippen molar-refractivity contribution in [2.45, 2.75) is 26.4 Å². The highest BCUT2D eigenvalue weighted by Crippen LogP contribution is 2.27. The van der Waals surface area contributed by atoms with Crippen LogP contribution >= 0.6 is 0 Å². The van der Waals surface area contributed by atoms with E-state index >= 15 is 0 Å². The average molecular weight is 220 g/mol. The van der Waals surface area contributed by atoms with Gasteiger partial charge in [-0.25, -0.2) is 4.79 Å². The van der Waals surface area contributed by atoms with Crippen molar-refractivity contribution < 1.29 is 22.7 Å². The second-order valence-electron chi connectivity index (χ2n) is 2.52. The molecule has 0 aromatic rings. The average Bonchev–Trinajstić information content (AvgIpc) is 2.10. The zero-order valence-electron chi connectivity index (χ0n) is 8.44. The molecule has 0 N–H and O–H groups in total. The number of alkyl halides is 3. The van der Waals surface area contributed by atoms with E-state index in [1.807, 2.05) is 0 Å². The highest BCUT2D eigenvalue weighted by atomic mass is 19.4. The lowest BCUT2D eigenvalue weighted by molar-refractivity contribution is -0.138. The SMILES string of the molecule is CC#CC/C(=C\C(=O)OCC)C(F)(F)F. The fraction of sp³-hybridized carbons (Fsp3) is 0.500. The van der Waals surface area contributed by atoms with Crippen molar-refractivity contribution in [3.8, 4) is 11.8 Å². The summed E-state index contributed by atoms with van der Waals surface area (Å²) in [6.07, 6.45) is -4.61. The van der Waals surface area contributed by atoms with E-state index in [0.717, 1.165) is 0 Å². The summed E-state index contributed by atoms with van der Waals surface area (Å²) in [5.74, 6) is 3.59. The van der Waals surface area contributed by atoms with Crippen LogP contribution in [0.5, 0.6) is 0 Å². The molecule has 0 spiro atoms. The van der Waals surface area contributed by atoms with Crippen molar-refractivity contribution in [3.63, 3.8) is 0 Å². The fourth-order valence-corrected chi connectivity index (χ4v) is 0.743. The molecule has 0 aromatic heterocycles. The Bertz CT molecular complexity index is 305. The molecule has 0 atom stereocenters. The number of rotatable bonds is 3. The van der Waals surface area contributed by atoms with Crippen molar-refractivity contribution in [1.82, 2.24) is 0 Å². The van der Waals surface area contributed by atoms with E-state index in [4.69, 9.17) is 0 Å². The van der Waals surface area contributed by atoms with E-state index in [2.05, 4.69) is 16.6 Å². The van der Waals surface area contributed by atoms with Crippen LogP contribution in [0.15, 0.2) is 11.6 Å². The number of halogens is 3. The minimum atomic E-state index is -4.55. The van der Waals surface area contributed by atoms with E-state index in [9.17, 15) is 18.0 Å². The van der Waals surface area contributed by atoms with Crippen LogP contribution < -0.4 is 0 Å². The van der Waals surface area contributed by atoms with E-state index in [-0.39, 0.29) is 6.61 Å². The van der Waals surface area contributed by atoms with Crippen molar-refractivity contribution in [2.75, 3.05) is 6.61 Å². The molecule has 0 rings (SSSR count). The largest absolute Gasteiger partial charge is 0.463 e. The molecular formula is C10H11F3O2. The summed E-state index contributed by atoms with van der Waals surface area (Å²) in [5, 5.41) is 0. The van der Waals surface area contributed by atoms with E-state index in [1.54, 1.807) is 0 Å². The van der Waals surface area contributed by atoms with Crippen LogP contribution in [0, 0.1) is 11.8 Å². The number of carbonyl (C=O) groups excluding carboxylic acids is 1. The van der Waals surface area contributed by atoms with Crippen molar-refractivity contribution in [1.29, 1.82) is 0 Å². The minimum Gasteiger partial charge on any atom is -0.463 e. The Hall–Kier alpha value is -1.44. The summed E-state index contributed by atoms with van der Waals surface area (Å²) in [7, 11) is 0. The second kappa shape index (κ2) is 6.12. The Morgan fingerprint density at radius 2 is 2.07 bits per heavy atom. The number of ether oxygens (including phenoxy) is 1. The first-order valence-corrected chi connectivity index (χ1v) is 4.26. The fourth-order valence-electron chi connectivity index (χ4n) is 0.743. The molecule has 0 aliphatic carbocycles. The second-order valence-corrected chi connectivity index (χ2v) is 2.52. The maximum absolute atomic E-state index is 12.3. The standard InChI is InChI=1S/C10H11F3O2/c1-3-5-6-8(10(11,12)13)7-9(14)15-4-2/h7H,4,6H2,1-2H3/b8-7+. The third-order valence-corrected chi connectivity index (χ3v) is 1.40. The molecule has 0 bridgehead atoms. The molecule has 0 radical (unpaired) electrons. The zero-order chi connectivity index (χ0) is 11.9. The summed E-state index contributed by atoms with van der Waals surface area (Å²) in [6, 6.07) is 0. The van der Waals surface area contributed by atoms with E-state index in [1.165, 1.54) is 13.8 Å². The number of esters is 1. The zero-order valence-corrected chi connectivity index (χ0v) is 8.44. The molecule has 2 nitrogen and oxygen atoms in total. The van der Waals surface area contributed by atoms with Crippen LogP contribution in [-0.2, 0) is 9.53 Å². The summed E-state index contributed by atoms with van der Waals surface area (Å²) < 4.78 is 41.3. The molecule has 15 heavy (non-hydrogen) atoms. The van der Waals surface area contributed by atoms with Crippen LogP contribution in [-0.4, -0.2) is 18.8 Å². The predicted octanol–water partition coefficient (Wildman–Crippen LogP) is 2.45. The van der Waals surface area contributed by atoms with Gasteiger partial charge in [-0.3, -0.25) is 0 Å². The summed E-state index contributed by atoms with van der Waals surface area (Å²) in [6.45, 7) is 2.99. The van der Waals surface area contributed by atoms with E-state index < -0.39 is 24.1 Å². The smallest absolute Gasteiger partial charge is 0.413 e. The molecule has 5 heteroatoms. The van der Waals surface area contributed by atoms with E-state index in [0.29, 0.717) is 6.08 Å². The van der Waals surface area contributed by atoms with Crippen molar-refractivity contribution in [2.24, 2.45) is 0 Å². The quantitative estimate of drug-likeness (QED) is 0.415. The van der Waals surface area contributed by atoms with Gasteiger partial charge in [0.05, 0.1) is 12.2 Å². The molecule has 0 heterocycles. The monoisotopic (exact) mass is 220 g/mol. The maximum atomic E-state index is 12.3. The van der Waals surface area contributed by atoms with Crippen molar-refractivity contribution in [3.05, 3.63) is 11.6 Å². The Morgan fingerprint density at radius 1 is 1.47 bits per heavy atom. The molecule has 0 aliphatic heterocycles. The van der Waals surface area contributed by atoms with Crippen LogP contribution in [0.3, 0.4) is 0 Å². The first-order chi connectivity index (χ1) is 6.91. The highest BCUT2D eigenvalue weighted by Gasteiger charge is 2.33. The first kappa shape index (κ1) is 13.6. The summed E-state index contributed by atoms with van der Waals surface area (Å²) in [4.78, 5) is 10.8. The molecule has 0 aromatic carbocycles. The number of allylic oxidation sites excluding steroid dienone is 1. The Morgan fingerprint density at radius 3 is 2.47 bits per heavy atom. The highest BCUT2D eigenvalue weighted by molar-refractivity contribution is 5.83. The van der Waals surface area contributed by atoms with Crippen LogP contribution in [0.1, 0.15) is 20.3 Å². The normalized spacial score (nSPS) is 11.7. The van der Waals surface area contributed by atoms with Crippen LogP contribution in [0.2, 0.25) is 0 Å². The maximum Gasteiger partial charge on any atom is 0.413 e. The minimum absolute atomic E-state index is 0.0416. The van der Waals surface area contributed by atoms with Crippen LogP contribution in [0.25, 0.3) is 0 Å². The topological polar surface area (TPSA) is 26.3 Å². The molecule has 0 unspecified atom stereocenters. The molecule has 0 amide bonds. The van der Waals surface area contributed by atoms with Gasteiger partial charge < -0.3 is 4.74 Å². The third-order valence-electron chi connectivity index (χ3n) is 1.40. The van der Waals surface area contributed by atoms with Crippen molar-refractivity contribution >= 4 is 5.97 Å². The number of hydrogen-bond donors (Lipinski definition) is 0. The van der Waals surface area contributed by atoms with Gasteiger partial charge in [-0.15, -0.1) is 5.92 Å². The molecule has 0 saturated heterocycles. The summed E-state index contributed by atoms with van der Waals surface area (Å²) >= 11 is 0. The van der Waals surface area contributed by atoms with Gasteiger partial charge in [-0.05, 0) is 13.8 Å². The van der Waals surface area contributed by atoms with Gasteiger partial charge in [-0.1, -0.05) is 5.92 Å². The van der Waals surface area contributed by atoms with Gasteiger partial charge in [0.25, 0.3) is 0 Å². The van der Waals surface area contributed by atoms with Crippen LogP contribution in [0.4, 0.5) is 13.2 Å². The predicted molar refractivity (Wildman–Crippen MR) is 48.8 cm³/mol. The lowest BCUT2D eigenvalue weighted by Crippen LogP contribution is -2.14. The van der Waals surface area contributed by atoms with Gasteiger partial charge in [-0.2, -0.15) is 13.2 Å². The lowest BCUT2D eigenvalue weighted by Gasteiger charge is -2.08. The van der Waals surface area contributed by atoms with Gasteiger partial charge in [0.15, 0.2) is 0 Å². The first-order valence-electron chi connectivity index (χ1n) is 4.26. The molecule has 0 fully saturated rings. The van der Waals surface area contributed by atoms with Gasteiger partial charge >= 0.3 is 12.1 Å². The molecule has 0 aliphatic rings. The molecule has 84 valence electrons. The number of hydrogen-bond acceptors (Lipinski definition) is 2. The Kier molecular flexibility index (Phi) is 5.53. The van der Waals surface area contributed by atoms with Gasteiger partial charge in [0.1, 0.15) is 0 Å². The molecule has 0 saturated carbocycles. The lowest BCUT2D eigenvalue weighted by atomic mass is 10.1. The third kappa shape index (κ3) is 5.78. The Labute approximate surface area is 86.1 Å². The molecular weight excluding hydrogens is 209 g/mol. The number of carbonyl (C=O) groups is 1. The van der Waals surface area contributed by atoms with Gasteiger partial charge in [0, 0.05) is 12.5 Å². The Balaban J connectivity index is 4.74.